The molecule has 32 heavy (non-hydrogen) atoms. The first-order chi connectivity index (χ1) is 15.7. The predicted molar refractivity (Wildman–Crippen MR) is 139 cm³/mol. The van der Waals surface area contributed by atoms with Crippen molar-refractivity contribution < 1.29 is 4.74 Å². The smallest absolute Gasteiger partial charge is 0.128 e. The molecular weight excluding hydrogens is 412 g/mol. The summed E-state index contributed by atoms with van der Waals surface area (Å²) in [6, 6.07) is 19.3. The van der Waals surface area contributed by atoms with E-state index in [9.17, 15) is 0 Å². The number of thiazole rings is 1. The van der Waals surface area contributed by atoms with E-state index < -0.39 is 0 Å². The van der Waals surface area contributed by atoms with Gasteiger partial charge in [-0.1, -0.05) is 69.2 Å². The van der Waals surface area contributed by atoms with Crippen molar-refractivity contribution >= 4 is 11.3 Å². The quantitative estimate of drug-likeness (QED) is 0.233. The number of hydrogen-bond acceptors (Lipinski definition) is 4. The van der Waals surface area contributed by atoms with Crippen molar-refractivity contribution in [1.82, 2.24) is 9.88 Å². The van der Waals surface area contributed by atoms with E-state index in [4.69, 9.17) is 9.72 Å². The van der Waals surface area contributed by atoms with Crippen LogP contribution < -0.4 is 4.74 Å². The van der Waals surface area contributed by atoms with Crippen LogP contribution in [0, 0.1) is 0 Å². The Kier molecular flexibility index (Phi) is 10.2. The van der Waals surface area contributed by atoms with Gasteiger partial charge in [0.1, 0.15) is 10.8 Å². The van der Waals surface area contributed by atoms with Gasteiger partial charge in [-0.25, -0.2) is 4.98 Å². The SMILES string of the molecule is CCCCN(CCCC)C(C)CCCOc1ccccc1-c1csc(-c2ccccc2)n1. The molecule has 0 aliphatic rings. The van der Waals surface area contributed by atoms with Gasteiger partial charge >= 0.3 is 0 Å². The Morgan fingerprint density at radius 3 is 2.31 bits per heavy atom. The fourth-order valence-corrected chi connectivity index (χ4v) is 4.76. The Balaban J connectivity index is 1.56. The van der Waals surface area contributed by atoms with Crippen molar-refractivity contribution in [2.75, 3.05) is 19.7 Å². The van der Waals surface area contributed by atoms with Crippen LogP contribution in [0.3, 0.4) is 0 Å². The van der Waals surface area contributed by atoms with Crippen LogP contribution in [0.15, 0.2) is 60.0 Å². The molecule has 2 aromatic carbocycles. The van der Waals surface area contributed by atoms with Gasteiger partial charge in [0, 0.05) is 22.5 Å². The minimum atomic E-state index is 0.610. The van der Waals surface area contributed by atoms with Gasteiger partial charge in [0.25, 0.3) is 0 Å². The molecule has 3 nitrogen and oxygen atoms in total. The van der Waals surface area contributed by atoms with E-state index in [1.165, 1.54) is 45.2 Å². The Morgan fingerprint density at radius 2 is 1.59 bits per heavy atom. The Bertz CT molecular complexity index is 901. The normalized spacial score (nSPS) is 12.2. The summed E-state index contributed by atoms with van der Waals surface area (Å²) >= 11 is 1.68. The summed E-state index contributed by atoms with van der Waals surface area (Å²) in [6.07, 6.45) is 7.34. The largest absolute Gasteiger partial charge is 0.493 e. The second-order valence-electron chi connectivity index (χ2n) is 8.48. The molecule has 0 bridgehead atoms. The fraction of sp³-hybridized carbons (Fsp3) is 0.464. The molecule has 0 aliphatic heterocycles. The molecule has 1 unspecified atom stereocenters. The number of rotatable bonds is 14. The van der Waals surface area contributed by atoms with Crippen molar-refractivity contribution in [2.24, 2.45) is 0 Å². The Hall–Kier alpha value is -2.17. The summed E-state index contributed by atoms with van der Waals surface area (Å²) in [5.74, 6) is 0.930. The molecule has 1 atom stereocenters. The molecule has 0 saturated heterocycles. The van der Waals surface area contributed by atoms with Gasteiger partial charge in [0.2, 0.25) is 0 Å². The van der Waals surface area contributed by atoms with E-state index in [0.717, 1.165) is 40.6 Å². The summed E-state index contributed by atoms with van der Waals surface area (Å²) in [5, 5.41) is 3.18. The zero-order valence-corrected chi connectivity index (χ0v) is 20.7. The Labute approximate surface area is 198 Å². The minimum absolute atomic E-state index is 0.610. The van der Waals surface area contributed by atoms with Gasteiger partial charge in [0.15, 0.2) is 0 Å². The summed E-state index contributed by atoms with van der Waals surface area (Å²) in [6.45, 7) is 10.1. The average molecular weight is 451 g/mol. The summed E-state index contributed by atoms with van der Waals surface area (Å²) < 4.78 is 6.25. The van der Waals surface area contributed by atoms with E-state index in [-0.39, 0.29) is 0 Å². The van der Waals surface area contributed by atoms with Gasteiger partial charge in [-0.2, -0.15) is 0 Å². The number of hydrogen-bond donors (Lipinski definition) is 0. The molecular formula is C28H38N2OS. The molecule has 4 heteroatoms. The standard InChI is InChI=1S/C28H38N2OS/c1-4-6-19-30(20-7-5-2)23(3)14-13-21-31-27-18-12-11-17-25(27)26-22-32-28(29-26)24-15-9-8-10-16-24/h8-12,15-18,22-23H,4-7,13-14,19-21H2,1-3H3. The van der Waals surface area contributed by atoms with Gasteiger partial charge in [-0.15, -0.1) is 11.3 Å². The van der Waals surface area contributed by atoms with E-state index in [0.29, 0.717) is 6.04 Å². The van der Waals surface area contributed by atoms with E-state index in [2.05, 4.69) is 73.5 Å². The minimum Gasteiger partial charge on any atom is -0.493 e. The summed E-state index contributed by atoms with van der Waals surface area (Å²) in [7, 11) is 0. The van der Waals surface area contributed by atoms with E-state index in [1.807, 2.05) is 12.1 Å². The zero-order valence-electron chi connectivity index (χ0n) is 19.9. The lowest BCUT2D eigenvalue weighted by molar-refractivity contribution is 0.182. The molecule has 0 saturated carbocycles. The van der Waals surface area contributed by atoms with Crippen molar-refractivity contribution in [2.45, 2.75) is 65.3 Å². The maximum absolute atomic E-state index is 6.25. The van der Waals surface area contributed by atoms with Gasteiger partial charge in [-0.3, -0.25) is 0 Å². The third-order valence-corrected chi connectivity index (χ3v) is 6.82. The highest BCUT2D eigenvalue weighted by molar-refractivity contribution is 7.13. The lowest BCUT2D eigenvalue weighted by Gasteiger charge is -2.29. The predicted octanol–water partition coefficient (Wildman–Crippen LogP) is 7.93. The molecule has 1 aromatic heterocycles. The first-order valence-electron chi connectivity index (χ1n) is 12.2. The number of ether oxygens (including phenoxy) is 1. The highest BCUT2D eigenvalue weighted by atomic mass is 32.1. The molecule has 0 N–H and O–H groups in total. The van der Waals surface area contributed by atoms with Crippen LogP contribution >= 0.6 is 11.3 Å². The topological polar surface area (TPSA) is 25.4 Å². The zero-order chi connectivity index (χ0) is 22.6. The number of unbranched alkanes of at least 4 members (excludes halogenated alkanes) is 2. The average Bonchev–Trinajstić information content (AvgIpc) is 3.33. The molecule has 0 spiro atoms. The molecule has 1 heterocycles. The van der Waals surface area contributed by atoms with Crippen molar-refractivity contribution in [1.29, 1.82) is 0 Å². The molecule has 3 aromatic rings. The second kappa shape index (κ2) is 13.4. The third kappa shape index (κ3) is 7.18. The summed E-state index contributed by atoms with van der Waals surface area (Å²) in [5.41, 5.74) is 3.22. The van der Waals surface area contributed by atoms with E-state index in [1.54, 1.807) is 11.3 Å². The van der Waals surface area contributed by atoms with Crippen molar-refractivity contribution in [3.05, 3.63) is 60.0 Å². The molecule has 172 valence electrons. The van der Waals surface area contributed by atoms with Crippen LogP contribution in [0.5, 0.6) is 5.75 Å². The fourth-order valence-electron chi connectivity index (χ4n) is 3.93. The lowest BCUT2D eigenvalue weighted by atomic mass is 10.1. The van der Waals surface area contributed by atoms with Crippen molar-refractivity contribution in [3.63, 3.8) is 0 Å². The monoisotopic (exact) mass is 450 g/mol. The number of para-hydroxylation sites is 1. The number of benzene rings is 2. The molecule has 0 radical (unpaired) electrons. The van der Waals surface area contributed by atoms with Crippen LogP contribution in [0.2, 0.25) is 0 Å². The highest BCUT2D eigenvalue weighted by Gasteiger charge is 2.14. The van der Waals surface area contributed by atoms with Crippen molar-refractivity contribution in [3.8, 4) is 27.6 Å². The Morgan fingerprint density at radius 1 is 0.906 bits per heavy atom. The van der Waals surface area contributed by atoms with Crippen LogP contribution in [0.1, 0.15) is 59.3 Å². The lowest BCUT2D eigenvalue weighted by Crippen LogP contribution is -2.35. The van der Waals surface area contributed by atoms with Crippen LogP contribution in [0.25, 0.3) is 21.8 Å². The number of aromatic nitrogens is 1. The highest BCUT2D eigenvalue weighted by Crippen LogP contribution is 2.34. The van der Waals surface area contributed by atoms with Gasteiger partial charge < -0.3 is 9.64 Å². The van der Waals surface area contributed by atoms with Crippen LogP contribution in [0.4, 0.5) is 0 Å². The van der Waals surface area contributed by atoms with Crippen LogP contribution in [-0.4, -0.2) is 35.6 Å². The maximum atomic E-state index is 6.25. The second-order valence-corrected chi connectivity index (χ2v) is 9.34. The first kappa shape index (κ1) is 24.5. The van der Waals surface area contributed by atoms with Gasteiger partial charge in [0.05, 0.1) is 12.3 Å². The number of nitrogens with zero attached hydrogens (tertiary/aromatic N) is 2. The van der Waals surface area contributed by atoms with Gasteiger partial charge in [-0.05, 0) is 57.8 Å². The first-order valence-corrected chi connectivity index (χ1v) is 13.1. The maximum Gasteiger partial charge on any atom is 0.128 e. The van der Waals surface area contributed by atoms with E-state index >= 15 is 0 Å². The molecule has 3 rings (SSSR count). The molecule has 0 aliphatic carbocycles. The molecule has 0 fully saturated rings. The molecule has 0 amide bonds. The summed E-state index contributed by atoms with van der Waals surface area (Å²) in [4.78, 5) is 7.55. The van der Waals surface area contributed by atoms with Crippen LogP contribution in [-0.2, 0) is 0 Å². The third-order valence-electron chi connectivity index (χ3n) is 5.93.